The maximum absolute atomic E-state index is 12.3. The highest BCUT2D eigenvalue weighted by Crippen LogP contribution is 2.17. The topological polar surface area (TPSA) is 71.9 Å². The van der Waals surface area contributed by atoms with Gasteiger partial charge in [0.15, 0.2) is 6.04 Å². The van der Waals surface area contributed by atoms with Crippen LogP contribution >= 0.6 is 11.6 Å². The fraction of sp³-hybridized carbons (Fsp3) is 0.579. The monoisotopic (exact) mass is 382 g/mol. The number of nitrogens with one attached hydrogen (secondary N) is 3. The van der Waals surface area contributed by atoms with Gasteiger partial charge in [-0.15, -0.1) is 0 Å². The zero-order chi connectivity index (χ0) is 18.9. The standard InChI is InChI=1S/C19H28ClN3O3/c1-14(18(24)22-19(25)21-16-6-4-3-5-7-16)23(2)12-13-26-17-10-8-15(20)9-11-17/h8-11,14,16H,3-7,12-13H2,1-2H3,(H2,21,22,24,25)/p+1/t14-/m0/s1. The van der Waals surface area contributed by atoms with E-state index in [0.29, 0.717) is 18.2 Å². The van der Waals surface area contributed by atoms with E-state index in [0.717, 1.165) is 36.3 Å². The van der Waals surface area contributed by atoms with Crippen molar-refractivity contribution in [2.75, 3.05) is 20.2 Å². The Morgan fingerprint density at radius 3 is 2.54 bits per heavy atom. The van der Waals surface area contributed by atoms with Gasteiger partial charge in [0.1, 0.15) is 18.9 Å². The second kappa shape index (κ2) is 10.4. The van der Waals surface area contributed by atoms with Gasteiger partial charge in [-0.2, -0.15) is 0 Å². The van der Waals surface area contributed by atoms with Crippen molar-refractivity contribution in [2.24, 2.45) is 0 Å². The van der Waals surface area contributed by atoms with Crippen LogP contribution in [0.3, 0.4) is 0 Å². The summed E-state index contributed by atoms with van der Waals surface area (Å²) in [7, 11) is 1.91. The first-order chi connectivity index (χ1) is 12.5. The lowest BCUT2D eigenvalue weighted by molar-refractivity contribution is -0.894. The van der Waals surface area contributed by atoms with Crippen molar-refractivity contribution < 1.29 is 19.2 Å². The Balaban J connectivity index is 1.68. The average molecular weight is 383 g/mol. The summed E-state index contributed by atoms with van der Waals surface area (Å²) in [4.78, 5) is 25.2. The molecule has 1 aliphatic carbocycles. The van der Waals surface area contributed by atoms with Gasteiger partial charge in [-0.3, -0.25) is 10.1 Å². The number of quaternary nitrogens is 1. The lowest BCUT2D eigenvalue weighted by Crippen LogP contribution is -3.14. The molecule has 7 heteroatoms. The molecule has 1 unspecified atom stereocenters. The lowest BCUT2D eigenvalue weighted by atomic mass is 9.96. The molecule has 1 saturated carbocycles. The van der Waals surface area contributed by atoms with Crippen LogP contribution < -0.4 is 20.3 Å². The van der Waals surface area contributed by atoms with Crippen molar-refractivity contribution >= 4 is 23.5 Å². The molecule has 2 rings (SSSR count). The predicted octanol–water partition coefficient (Wildman–Crippen LogP) is 1.78. The number of carbonyl (C=O) groups is 2. The third kappa shape index (κ3) is 6.84. The summed E-state index contributed by atoms with van der Waals surface area (Å²) in [5.74, 6) is 0.466. The number of imide groups is 1. The number of hydrogen-bond donors (Lipinski definition) is 3. The fourth-order valence-electron chi connectivity index (χ4n) is 2.99. The van der Waals surface area contributed by atoms with Gasteiger partial charge in [0.05, 0.1) is 7.05 Å². The molecule has 2 atom stereocenters. The maximum Gasteiger partial charge on any atom is 0.321 e. The Kier molecular flexibility index (Phi) is 8.19. The van der Waals surface area contributed by atoms with Crippen LogP contribution in [0.4, 0.5) is 4.79 Å². The van der Waals surface area contributed by atoms with E-state index in [1.165, 1.54) is 6.42 Å². The highest BCUT2D eigenvalue weighted by atomic mass is 35.5. The van der Waals surface area contributed by atoms with Crippen LogP contribution in [0.1, 0.15) is 39.0 Å². The molecule has 3 N–H and O–H groups in total. The van der Waals surface area contributed by atoms with E-state index in [-0.39, 0.29) is 24.0 Å². The molecule has 1 aromatic rings. The molecular weight excluding hydrogens is 354 g/mol. The van der Waals surface area contributed by atoms with Gasteiger partial charge in [0.2, 0.25) is 0 Å². The third-order valence-corrected chi connectivity index (χ3v) is 5.14. The van der Waals surface area contributed by atoms with Crippen LogP contribution in [0.5, 0.6) is 5.75 Å². The van der Waals surface area contributed by atoms with Crippen molar-refractivity contribution in [1.82, 2.24) is 10.6 Å². The van der Waals surface area contributed by atoms with E-state index < -0.39 is 0 Å². The smallest absolute Gasteiger partial charge is 0.321 e. The van der Waals surface area contributed by atoms with Crippen LogP contribution in [0.25, 0.3) is 0 Å². The first kappa shape index (κ1) is 20.5. The van der Waals surface area contributed by atoms with E-state index in [2.05, 4.69) is 10.6 Å². The number of ether oxygens (including phenoxy) is 1. The molecule has 0 saturated heterocycles. The molecule has 144 valence electrons. The molecule has 26 heavy (non-hydrogen) atoms. The lowest BCUT2D eigenvalue weighted by Gasteiger charge is -2.24. The van der Waals surface area contributed by atoms with Crippen molar-refractivity contribution in [3.8, 4) is 5.75 Å². The highest BCUT2D eigenvalue weighted by molar-refractivity contribution is 6.30. The minimum atomic E-state index is -0.390. The summed E-state index contributed by atoms with van der Waals surface area (Å²) in [5.41, 5.74) is 0. The summed E-state index contributed by atoms with van der Waals surface area (Å²) in [6, 6.07) is 6.61. The van der Waals surface area contributed by atoms with E-state index in [1.807, 2.05) is 19.2 Å². The average Bonchev–Trinajstić information content (AvgIpc) is 2.63. The molecule has 0 aromatic heterocycles. The summed E-state index contributed by atoms with van der Waals surface area (Å²) in [5, 5.41) is 6.02. The van der Waals surface area contributed by atoms with E-state index in [1.54, 1.807) is 19.1 Å². The SMILES string of the molecule is C[C@@H](C(=O)NC(=O)NC1CCCCC1)[NH+](C)CCOc1ccc(Cl)cc1. The normalized spacial score (nSPS) is 17.2. The van der Waals surface area contributed by atoms with Gasteiger partial charge in [-0.25, -0.2) is 4.79 Å². The minimum absolute atomic E-state index is 0.185. The van der Waals surface area contributed by atoms with Gasteiger partial charge in [0, 0.05) is 11.1 Å². The van der Waals surface area contributed by atoms with Crippen molar-refractivity contribution in [2.45, 2.75) is 51.1 Å². The number of urea groups is 1. The van der Waals surface area contributed by atoms with Crippen LogP contribution in [-0.4, -0.2) is 44.2 Å². The first-order valence-electron chi connectivity index (χ1n) is 9.27. The largest absolute Gasteiger partial charge is 0.488 e. The summed E-state index contributed by atoms with van der Waals surface area (Å²) in [6.45, 7) is 2.92. The molecular formula is C19H29ClN3O3+. The zero-order valence-corrected chi connectivity index (χ0v) is 16.3. The number of carbonyl (C=O) groups excluding carboxylic acids is 2. The molecule has 0 spiro atoms. The van der Waals surface area contributed by atoms with Gasteiger partial charge in [-0.1, -0.05) is 30.9 Å². The number of hydrogen-bond acceptors (Lipinski definition) is 3. The van der Waals surface area contributed by atoms with Crippen molar-refractivity contribution in [1.29, 1.82) is 0 Å². The molecule has 0 radical (unpaired) electrons. The molecule has 3 amide bonds. The van der Waals surface area contributed by atoms with Crippen LogP contribution in [0, 0.1) is 0 Å². The zero-order valence-electron chi connectivity index (χ0n) is 15.5. The van der Waals surface area contributed by atoms with Gasteiger partial charge in [-0.05, 0) is 44.0 Å². The summed E-state index contributed by atoms with van der Waals surface area (Å²) >= 11 is 5.84. The fourth-order valence-corrected chi connectivity index (χ4v) is 3.12. The Bertz CT molecular complexity index is 588. The number of halogens is 1. The van der Waals surface area contributed by atoms with E-state index in [9.17, 15) is 9.59 Å². The maximum atomic E-state index is 12.3. The second-order valence-corrected chi connectivity index (χ2v) is 7.35. The quantitative estimate of drug-likeness (QED) is 0.673. The second-order valence-electron chi connectivity index (χ2n) is 6.92. The van der Waals surface area contributed by atoms with Gasteiger partial charge < -0.3 is 15.0 Å². The predicted molar refractivity (Wildman–Crippen MR) is 102 cm³/mol. The van der Waals surface area contributed by atoms with Crippen molar-refractivity contribution in [3.63, 3.8) is 0 Å². The van der Waals surface area contributed by atoms with Crippen LogP contribution in [0.2, 0.25) is 5.02 Å². The summed E-state index contributed by atoms with van der Waals surface area (Å²) < 4.78 is 5.65. The molecule has 1 aromatic carbocycles. The Hall–Kier alpha value is -1.79. The number of benzene rings is 1. The Morgan fingerprint density at radius 1 is 1.23 bits per heavy atom. The number of rotatable bonds is 7. The van der Waals surface area contributed by atoms with Crippen molar-refractivity contribution in [3.05, 3.63) is 29.3 Å². The number of likely N-dealkylation sites (N-methyl/N-ethyl adjacent to an activating group) is 1. The van der Waals surface area contributed by atoms with Gasteiger partial charge >= 0.3 is 6.03 Å². The summed E-state index contributed by atoms with van der Waals surface area (Å²) in [6.07, 6.45) is 5.47. The first-order valence-corrected chi connectivity index (χ1v) is 9.65. The molecule has 6 nitrogen and oxygen atoms in total. The van der Waals surface area contributed by atoms with E-state index in [4.69, 9.17) is 16.3 Å². The Morgan fingerprint density at radius 2 is 1.88 bits per heavy atom. The van der Waals surface area contributed by atoms with Gasteiger partial charge in [0.25, 0.3) is 5.91 Å². The van der Waals surface area contributed by atoms with Crippen LogP contribution in [0.15, 0.2) is 24.3 Å². The molecule has 0 bridgehead atoms. The minimum Gasteiger partial charge on any atom is -0.488 e. The molecule has 0 heterocycles. The third-order valence-electron chi connectivity index (χ3n) is 4.89. The van der Waals surface area contributed by atoms with Crippen LogP contribution in [-0.2, 0) is 4.79 Å². The number of amides is 3. The molecule has 1 aliphatic rings. The Labute approximate surface area is 160 Å². The van der Waals surface area contributed by atoms with E-state index >= 15 is 0 Å². The highest BCUT2D eigenvalue weighted by Gasteiger charge is 2.24. The molecule has 0 aliphatic heterocycles. The molecule has 1 fully saturated rings.